The average Bonchev–Trinajstić information content (AvgIpc) is 2.16. The molecule has 0 heterocycles. The van der Waals surface area contributed by atoms with E-state index in [0.717, 1.165) is 0 Å². The molecule has 0 saturated carbocycles. The molecule has 0 aromatic heterocycles. The van der Waals surface area contributed by atoms with Gasteiger partial charge in [0.05, 0.1) is 0 Å². The molecule has 0 amide bonds. The Hall–Kier alpha value is 0.397. The van der Waals surface area contributed by atoms with Gasteiger partial charge in [0.15, 0.2) is 8.87 Å². The normalized spacial score (nSPS) is 16.2. The zero-order valence-electron chi connectivity index (χ0n) is 10.5. The topological polar surface area (TPSA) is 61.8 Å². The van der Waals surface area contributed by atoms with E-state index in [9.17, 15) is 8.42 Å². The summed E-state index contributed by atoms with van der Waals surface area (Å²) in [5.41, 5.74) is 0. The van der Waals surface area contributed by atoms with Crippen molar-refractivity contribution in [2.45, 2.75) is 20.8 Å². The van der Waals surface area contributed by atoms with Crippen LogP contribution in [0.1, 0.15) is 20.8 Å². The van der Waals surface area contributed by atoms with Gasteiger partial charge in [-0.2, -0.15) is 0 Å². The molecule has 0 aliphatic rings. The van der Waals surface area contributed by atoms with Gasteiger partial charge in [-0.25, -0.2) is 8.42 Å². The molecule has 0 N–H and O–H groups in total. The lowest BCUT2D eigenvalue weighted by Gasteiger charge is -2.33. The van der Waals surface area contributed by atoms with Crippen LogP contribution in [0.3, 0.4) is 0 Å². The molecule has 0 bridgehead atoms. The average molecular weight is 290 g/mol. The summed E-state index contributed by atoms with van der Waals surface area (Å²) in [6, 6.07) is 0. The maximum atomic E-state index is 11.6. The summed E-state index contributed by atoms with van der Waals surface area (Å²) in [6.07, 6.45) is 2.86. The Morgan fingerprint density at radius 2 is 1.31 bits per heavy atom. The Kier molecular flexibility index (Phi) is 7.14. The fraction of sp³-hybridized carbons (Fsp3) is 1.00. The van der Waals surface area contributed by atoms with Crippen molar-refractivity contribution in [1.82, 2.24) is 0 Å². The van der Waals surface area contributed by atoms with Crippen molar-refractivity contribution in [1.29, 1.82) is 0 Å². The molecule has 0 radical (unpaired) electrons. The van der Waals surface area contributed by atoms with Crippen molar-refractivity contribution in [3.63, 3.8) is 0 Å². The van der Waals surface area contributed by atoms with E-state index >= 15 is 0 Å². The summed E-state index contributed by atoms with van der Waals surface area (Å²) in [5, 5.41) is 0. The number of rotatable bonds is 8. The minimum atomic E-state index is -3.18. The standard InChI is InChI=1S/C8H22O5S2Si/c1-6-11-16(12-7-2,13-8-3)14(4)15(5,9)10/h14H,6-8H2,1-5H3. The SMILES string of the molecule is CCO[Si](OCC)(OCC)[SH](C)S(C)(=O)=O. The summed E-state index contributed by atoms with van der Waals surface area (Å²) in [4.78, 5) is 0. The Balaban J connectivity index is 5.14. The summed E-state index contributed by atoms with van der Waals surface area (Å²) < 4.78 is 39.9. The van der Waals surface area contributed by atoms with Crippen molar-refractivity contribution < 1.29 is 21.7 Å². The van der Waals surface area contributed by atoms with Crippen LogP contribution < -0.4 is 0 Å². The third-order valence-electron chi connectivity index (χ3n) is 1.86. The highest BCUT2D eigenvalue weighted by Crippen LogP contribution is 2.41. The molecule has 8 heteroatoms. The first-order valence-electron chi connectivity index (χ1n) is 5.19. The highest BCUT2D eigenvalue weighted by molar-refractivity contribution is 8.91. The third-order valence-corrected chi connectivity index (χ3v) is 17.0. The summed E-state index contributed by atoms with van der Waals surface area (Å²) >= 11 is 0. The fourth-order valence-corrected chi connectivity index (χ4v) is 12.5. The van der Waals surface area contributed by atoms with E-state index in [1.54, 1.807) is 6.26 Å². The van der Waals surface area contributed by atoms with Crippen LogP contribution in [0, 0.1) is 0 Å². The second-order valence-electron chi connectivity index (χ2n) is 3.05. The molecule has 0 saturated heterocycles. The molecule has 5 nitrogen and oxygen atoms in total. The Labute approximate surface area is 101 Å². The number of hydrogen-bond acceptors (Lipinski definition) is 5. The quantitative estimate of drug-likeness (QED) is 0.412. The van der Waals surface area contributed by atoms with Crippen LogP contribution in [0.4, 0.5) is 0 Å². The summed E-state index contributed by atoms with van der Waals surface area (Å²) in [6.45, 7) is 6.62. The van der Waals surface area contributed by atoms with Crippen LogP contribution in [-0.4, -0.2) is 48.7 Å². The number of thiol groups is 1. The summed E-state index contributed by atoms with van der Waals surface area (Å²) in [5.74, 6) is 0. The Morgan fingerprint density at radius 3 is 1.50 bits per heavy atom. The van der Waals surface area contributed by atoms with Gasteiger partial charge in [-0.05, 0) is 27.0 Å². The lowest BCUT2D eigenvalue weighted by Crippen LogP contribution is -2.47. The predicted molar refractivity (Wildman–Crippen MR) is 70.4 cm³/mol. The first kappa shape index (κ1) is 16.4. The minimum Gasteiger partial charge on any atom is -0.366 e. The van der Waals surface area contributed by atoms with Crippen LogP contribution >= 0.6 is 9.38 Å². The first-order chi connectivity index (χ1) is 7.34. The monoisotopic (exact) mass is 290 g/mol. The highest BCUT2D eigenvalue weighted by Gasteiger charge is 2.49. The molecule has 0 aliphatic carbocycles. The van der Waals surface area contributed by atoms with E-state index in [4.69, 9.17) is 13.3 Å². The second kappa shape index (κ2) is 6.97. The molecule has 0 aromatic carbocycles. The lowest BCUT2D eigenvalue weighted by atomic mass is 10.9. The van der Waals surface area contributed by atoms with Gasteiger partial charge in [0.1, 0.15) is 0 Å². The van der Waals surface area contributed by atoms with Crippen LogP contribution in [0.25, 0.3) is 0 Å². The minimum absolute atomic E-state index is 0.397. The lowest BCUT2D eigenvalue weighted by molar-refractivity contribution is 0.0965. The Morgan fingerprint density at radius 1 is 1.00 bits per heavy atom. The zero-order valence-corrected chi connectivity index (χ0v) is 13.2. The molecule has 0 aliphatic heterocycles. The van der Waals surface area contributed by atoms with Crippen molar-refractivity contribution in [2.75, 3.05) is 32.3 Å². The largest absolute Gasteiger partial charge is 0.567 e. The van der Waals surface area contributed by atoms with Gasteiger partial charge in [0, 0.05) is 26.1 Å². The summed E-state index contributed by atoms with van der Waals surface area (Å²) in [7, 11) is -7.68. The Bertz CT molecular complexity index is 276. The molecule has 0 spiro atoms. The van der Waals surface area contributed by atoms with Gasteiger partial charge < -0.3 is 13.3 Å². The van der Waals surface area contributed by atoms with Crippen LogP contribution in [0.15, 0.2) is 0 Å². The van der Waals surface area contributed by atoms with Crippen molar-refractivity contribution in [3.8, 4) is 0 Å². The molecule has 1 unspecified atom stereocenters. The maximum absolute atomic E-state index is 11.6. The first-order valence-corrected chi connectivity index (χ1v) is 12.0. The molecular weight excluding hydrogens is 268 g/mol. The van der Waals surface area contributed by atoms with Gasteiger partial charge in [0.25, 0.3) is 0 Å². The van der Waals surface area contributed by atoms with Gasteiger partial charge in [-0.1, -0.05) is 9.38 Å². The molecule has 1 atom stereocenters. The molecular formula is C8H22O5S2Si. The van der Waals surface area contributed by atoms with E-state index in [1.165, 1.54) is 6.26 Å². The molecule has 0 aromatic rings. The molecule has 16 heavy (non-hydrogen) atoms. The van der Waals surface area contributed by atoms with Crippen LogP contribution in [0.5, 0.6) is 0 Å². The highest BCUT2D eigenvalue weighted by atomic mass is 33.2. The van der Waals surface area contributed by atoms with Gasteiger partial charge in [-0.3, -0.25) is 0 Å². The van der Waals surface area contributed by atoms with Gasteiger partial charge in [-0.15, -0.1) is 0 Å². The van der Waals surface area contributed by atoms with E-state index in [1.807, 2.05) is 20.8 Å². The van der Waals surface area contributed by atoms with Crippen LogP contribution in [-0.2, 0) is 22.1 Å². The van der Waals surface area contributed by atoms with Gasteiger partial charge in [0.2, 0.25) is 0 Å². The molecule has 0 fully saturated rings. The van der Waals surface area contributed by atoms with E-state index in [0.29, 0.717) is 19.8 Å². The van der Waals surface area contributed by atoms with Crippen molar-refractivity contribution in [2.24, 2.45) is 0 Å². The van der Waals surface area contributed by atoms with Crippen LogP contribution in [0.2, 0.25) is 0 Å². The third kappa shape index (κ3) is 4.34. The smallest absolute Gasteiger partial charge is 0.366 e. The predicted octanol–water partition coefficient (Wildman–Crippen LogP) is 1.12. The van der Waals surface area contributed by atoms with E-state index in [-0.39, 0.29) is 0 Å². The van der Waals surface area contributed by atoms with Crippen molar-refractivity contribution in [3.05, 3.63) is 0 Å². The molecule has 0 rings (SSSR count). The zero-order chi connectivity index (χ0) is 12.8. The fourth-order valence-electron chi connectivity index (χ4n) is 1.15. The van der Waals surface area contributed by atoms with Gasteiger partial charge >= 0.3 is 7.95 Å². The molecule has 100 valence electrons. The maximum Gasteiger partial charge on any atom is 0.567 e. The van der Waals surface area contributed by atoms with Crippen molar-refractivity contribution >= 4 is 26.2 Å². The van der Waals surface area contributed by atoms with E-state index < -0.39 is 26.2 Å². The second-order valence-corrected chi connectivity index (χ2v) is 15.7. The number of hydrogen-bond donors (Lipinski definition) is 1. The van der Waals surface area contributed by atoms with E-state index in [2.05, 4.69) is 0 Å².